The number of rotatable bonds is 4. The van der Waals surface area contributed by atoms with Crippen LogP contribution < -0.4 is 5.73 Å². The van der Waals surface area contributed by atoms with Crippen LogP contribution >= 0.6 is 39.3 Å². The van der Waals surface area contributed by atoms with Crippen molar-refractivity contribution in [3.05, 3.63) is 63.6 Å². The fourth-order valence-electron chi connectivity index (χ4n) is 1.63. The second kappa shape index (κ2) is 6.62. The highest BCUT2D eigenvalue weighted by Crippen LogP contribution is 2.35. The van der Waals surface area contributed by atoms with Gasteiger partial charge in [-0.2, -0.15) is 0 Å². The summed E-state index contributed by atoms with van der Waals surface area (Å²) in [4.78, 5) is 1.14. The quantitative estimate of drug-likeness (QED) is 0.800. The molecule has 0 saturated carbocycles. The molecule has 2 aromatic rings. The molecule has 0 bridgehead atoms. The van der Waals surface area contributed by atoms with Gasteiger partial charge >= 0.3 is 0 Å². The highest BCUT2D eigenvalue weighted by molar-refractivity contribution is 9.10. The minimum absolute atomic E-state index is 0.247. The zero-order valence-electron chi connectivity index (χ0n) is 9.64. The second-order valence-electron chi connectivity index (χ2n) is 3.85. The molecule has 0 aromatic heterocycles. The number of nitrogens with two attached hydrogens (primary N) is 1. The van der Waals surface area contributed by atoms with E-state index in [1.54, 1.807) is 11.8 Å². The first-order valence-corrected chi connectivity index (χ1v) is 7.62. The molecule has 0 aliphatic carbocycles. The van der Waals surface area contributed by atoms with Crippen molar-refractivity contribution in [2.75, 3.05) is 6.54 Å². The third kappa shape index (κ3) is 3.75. The van der Waals surface area contributed by atoms with Crippen molar-refractivity contribution in [3.8, 4) is 0 Å². The molecule has 0 heterocycles. The molecule has 0 amide bonds. The van der Waals surface area contributed by atoms with E-state index in [2.05, 4.69) is 34.1 Å². The summed E-state index contributed by atoms with van der Waals surface area (Å²) in [7, 11) is 0. The molecule has 1 unspecified atom stereocenters. The Morgan fingerprint density at radius 1 is 1.17 bits per heavy atom. The van der Waals surface area contributed by atoms with Crippen LogP contribution in [0.1, 0.15) is 10.8 Å². The number of benzene rings is 2. The lowest BCUT2D eigenvalue weighted by Crippen LogP contribution is -2.09. The number of hydrogen-bond donors (Lipinski definition) is 1. The molecule has 2 rings (SSSR count). The first-order chi connectivity index (χ1) is 8.69. The third-order valence-electron chi connectivity index (χ3n) is 2.53. The van der Waals surface area contributed by atoms with Crippen LogP contribution in [0.2, 0.25) is 5.02 Å². The second-order valence-corrected chi connectivity index (χ2v) is 6.48. The lowest BCUT2D eigenvalue weighted by Gasteiger charge is -2.15. The van der Waals surface area contributed by atoms with E-state index < -0.39 is 0 Å². The molecule has 0 spiro atoms. The van der Waals surface area contributed by atoms with Gasteiger partial charge in [-0.25, -0.2) is 0 Å². The van der Waals surface area contributed by atoms with Crippen molar-refractivity contribution in [2.45, 2.75) is 10.1 Å². The van der Waals surface area contributed by atoms with E-state index in [0.29, 0.717) is 6.54 Å². The van der Waals surface area contributed by atoms with Crippen molar-refractivity contribution in [1.82, 2.24) is 0 Å². The van der Waals surface area contributed by atoms with Gasteiger partial charge < -0.3 is 5.73 Å². The molecule has 2 aromatic carbocycles. The maximum absolute atomic E-state index is 5.99. The average Bonchev–Trinajstić information content (AvgIpc) is 2.37. The van der Waals surface area contributed by atoms with E-state index in [9.17, 15) is 0 Å². The van der Waals surface area contributed by atoms with Crippen LogP contribution in [0.4, 0.5) is 0 Å². The smallest absolute Gasteiger partial charge is 0.0466 e. The summed E-state index contributed by atoms with van der Waals surface area (Å²) in [5.74, 6) is 0. The first kappa shape index (κ1) is 13.9. The van der Waals surface area contributed by atoms with Gasteiger partial charge in [0.2, 0.25) is 0 Å². The Hall–Kier alpha value is -0.480. The molecule has 94 valence electrons. The van der Waals surface area contributed by atoms with Crippen LogP contribution in [0, 0.1) is 0 Å². The Kier molecular flexibility index (Phi) is 5.13. The van der Waals surface area contributed by atoms with Crippen molar-refractivity contribution < 1.29 is 0 Å². The van der Waals surface area contributed by atoms with Gasteiger partial charge in [-0.3, -0.25) is 0 Å². The number of halogens is 2. The Morgan fingerprint density at radius 3 is 2.50 bits per heavy atom. The van der Waals surface area contributed by atoms with E-state index in [-0.39, 0.29) is 5.25 Å². The minimum Gasteiger partial charge on any atom is -0.329 e. The monoisotopic (exact) mass is 341 g/mol. The zero-order chi connectivity index (χ0) is 13.0. The maximum atomic E-state index is 5.99. The summed E-state index contributed by atoms with van der Waals surface area (Å²) in [5.41, 5.74) is 7.09. The summed E-state index contributed by atoms with van der Waals surface area (Å²) >= 11 is 11.2. The molecule has 0 aliphatic heterocycles. The van der Waals surface area contributed by atoms with Gasteiger partial charge in [0.25, 0.3) is 0 Å². The average molecular weight is 343 g/mol. The van der Waals surface area contributed by atoms with E-state index >= 15 is 0 Å². The molecule has 1 atom stereocenters. The minimum atomic E-state index is 0.247. The van der Waals surface area contributed by atoms with Crippen LogP contribution in [-0.2, 0) is 0 Å². The standard InChI is InChI=1S/C14H13BrClNS/c15-11-6-4-10(5-7-11)14(9-17)18-13-3-1-2-12(16)8-13/h1-8,14H,9,17H2. The van der Waals surface area contributed by atoms with Gasteiger partial charge in [0.05, 0.1) is 0 Å². The molecule has 0 saturated heterocycles. The molecule has 0 aliphatic rings. The summed E-state index contributed by atoms with van der Waals surface area (Å²) in [6.07, 6.45) is 0. The van der Waals surface area contributed by atoms with Crippen molar-refractivity contribution in [1.29, 1.82) is 0 Å². The molecule has 0 fully saturated rings. The molecule has 1 nitrogen and oxygen atoms in total. The van der Waals surface area contributed by atoms with Gasteiger partial charge in [-0.05, 0) is 35.9 Å². The van der Waals surface area contributed by atoms with Gasteiger partial charge in [0.15, 0.2) is 0 Å². The van der Waals surface area contributed by atoms with Gasteiger partial charge in [0, 0.05) is 26.2 Å². The Labute approximate surface area is 125 Å². The normalized spacial score (nSPS) is 12.4. The van der Waals surface area contributed by atoms with Crippen molar-refractivity contribution >= 4 is 39.3 Å². The lowest BCUT2D eigenvalue weighted by atomic mass is 10.1. The topological polar surface area (TPSA) is 26.0 Å². The van der Waals surface area contributed by atoms with Crippen LogP contribution in [0.5, 0.6) is 0 Å². The molecular weight excluding hydrogens is 330 g/mol. The van der Waals surface area contributed by atoms with Crippen molar-refractivity contribution in [3.63, 3.8) is 0 Å². The summed E-state index contributed by atoms with van der Waals surface area (Å²) in [6.45, 7) is 0.596. The predicted octanol–water partition coefficient (Wildman–Crippen LogP) is 4.89. The van der Waals surface area contributed by atoms with Gasteiger partial charge in [-0.15, -0.1) is 11.8 Å². The van der Waals surface area contributed by atoms with Crippen LogP contribution in [0.3, 0.4) is 0 Å². The van der Waals surface area contributed by atoms with Crippen LogP contribution in [0.15, 0.2) is 57.9 Å². The van der Waals surface area contributed by atoms with E-state index in [1.807, 2.05) is 30.3 Å². The Bertz CT molecular complexity index is 515. The molecular formula is C14H13BrClNS. The van der Waals surface area contributed by atoms with Gasteiger partial charge in [-0.1, -0.05) is 45.7 Å². The Morgan fingerprint density at radius 2 is 1.89 bits per heavy atom. The molecule has 0 radical (unpaired) electrons. The highest BCUT2D eigenvalue weighted by Gasteiger charge is 2.11. The Balaban J connectivity index is 2.17. The highest BCUT2D eigenvalue weighted by atomic mass is 79.9. The van der Waals surface area contributed by atoms with Crippen LogP contribution in [-0.4, -0.2) is 6.54 Å². The SMILES string of the molecule is NCC(Sc1cccc(Cl)c1)c1ccc(Br)cc1. The van der Waals surface area contributed by atoms with Gasteiger partial charge in [0.1, 0.15) is 0 Å². The molecule has 2 N–H and O–H groups in total. The largest absolute Gasteiger partial charge is 0.329 e. The van der Waals surface area contributed by atoms with E-state index in [1.165, 1.54) is 5.56 Å². The first-order valence-electron chi connectivity index (χ1n) is 5.57. The fraction of sp³-hybridized carbons (Fsp3) is 0.143. The van der Waals surface area contributed by atoms with E-state index in [4.69, 9.17) is 17.3 Å². The molecule has 18 heavy (non-hydrogen) atoms. The number of hydrogen-bond acceptors (Lipinski definition) is 2. The summed E-state index contributed by atoms with van der Waals surface area (Å²) in [5, 5.41) is 1.00. The molecule has 4 heteroatoms. The predicted molar refractivity (Wildman–Crippen MR) is 83.2 cm³/mol. The van der Waals surface area contributed by atoms with Crippen molar-refractivity contribution in [2.24, 2.45) is 5.73 Å². The van der Waals surface area contributed by atoms with E-state index in [0.717, 1.165) is 14.4 Å². The lowest BCUT2D eigenvalue weighted by molar-refractivity contribution is 0.940. The van der Waals surface area contributed by atoms with Crippen LogP contribution in [0.25, 0.3) is 0 Å². The summed E-state index contributed by atoms with van der Waals surface area (Å²) in [6, 6.07) is 16.1. The summed E-state index contributed by atoms with van der Waals surface area (Å²) < 4.78 is 1.08. The zero-order valence-corrected chi connectivity index (χ0v) is 12.8. The maximum Gasteiger partial charge on any atom is 0.0466 e. The third-order valence-corrected chi connectivity index (χ3v) is 4.57. The fourth-order valence-corrected chi connectivity index (χ4v) is 3.22. The number of thioether (sulfide) groups is 1.